The van der Waals surface area contributed by atoms with E-state index in [0.29, 0.717) is 17.1 Å². The summed E-state index contributed by atoms with van der Waals surface area (Å²) in [6, 6.07) is 8.22. The molecule has 0 aliphatic carbocycles. The topological polar surface area (TPSA) is 40.7 Å². The van der Waals surface area contributed by atoms with Crippen LogP contribution in [0.5, 0.6) is 0 Å². The molecule has 0 bridgehead atoms. The van der Waals surface area contributed by atoms with Crippen molar-refractivity contribution in [2.24, 2.45) is 5.92 Å². The van der Waals surface area contributed by atoms with E-state index >= 15 is 0 Å². The average molecular weight is 291 g/mol. The molecule has 1 aromatic heterocycles. The molecule has 2 rings (SSSR count). The number of hydrogen-bond acceptors (Lipinski definition) is 3. The lowest BCUT2D eigenvalue weighted by atomic mass is 10.1. The maximum absolute atomic E-state index is 12.8. The van der Waals surface area contributed by atoms with Crippen molar-refractivity contribution in [1.82, 2.24) is 9.97 Å². The molecular formula is C15H18FN3S. The van der Waals surface area contributed by atoms with Crippen LogP contribution >= 0.6 is 12.2 Å². The van der Waals surface area contributed by atoms with Gasteiger partial charge in [-0.05, 0) is 23.6 Å². The highest BCUT2D eigenvalue weighted by Crippen LogP contribution is 2.10. The predicted molar refractivity (Wildman–Crippen MR) is 81.7 cm³/mol. The molecule has 20 heavy (non-hydrogen) atoms. The first-order valence-electron chi connectivity index (χ1n) is 6.61. The molecule has 5 heteroatoms. The van der Waals surface area contributed by atoms with Gasteiger partial charge in [0, 0.05) is 19.0 Å². The molecule has 2 aromatic rings. The van der Waals surface area contributed by atoms with Crippen molar-refractivity contribution in [3.8, 4) is 0 Å². The van der Waals surface area contributed by atoms with Crippen LogP contribution in [-0.4, -0.2) is 9.97 Å². The van der Waals surface area contributed by atoms with E-state index in [4.69, 9.17) is 12.2 Å². The van der Waals surface area contributed by atoms with Crippen LogP contribution in [0.25, 0.3) is 0 Å². The highest BCUT2D eigenvalue weighted by molar-refractivity contribution is 7.71. The van der Waals surface area contributed by atoms with Gasteiger partial charge in [-0.1, -0.05) is 38.2 Å². The highest BCUT2D eigenvalue weighted by Gasteiger charge is 2.02. The van der Waals surface area contributed by atoms with Crippen LogP contribution in [0.2, 0.25) is 0 Å². The Labute approximate surface area is 123 Å². The molecule has 0 fully saturated rings. The Morgan fingerprint density at radius 2 is 2.00 bits per heavy atom. The molecule has 0 spiro atoms. The summed E-state index contributed by atoms with van der Waals surface area (Å²) in [6.07, 6.45) is 0.857. The summed E-state index contributed by atoms with van der Waals surface area (Å²) in [5.74, 6) is 2.01. The van der Waals surface area contributed by atoms with E-state index < -0.39 is 0 Å². The molecule has 1 heterocycles. The fourth-order valence-corrected chi connectivity index (χ4v) is 2.11. The highest BCUT2D eigenvalue weighted by atomic mass is 32.1. The zero-order valence-corrected chi connectivity index (χ0v) is 12.4. The van der Waals surface area contributed by atoms with Gasteiger partial charge in [-0.3, -0.25) is 0 Å². The minimum absolute atomic E-state index is 0.226. The fraction of sp³-hybridized carbons (Fsp3) is 0.333. The van der Waals surface area contributed by atoms with Gasteiger partial charge in [-0.25, -0.2) is 9.37 Å². The van der Waals surface area contributed by atoms with Gasteiger partial charge in [-0.2, -0.15) is 0 Å². The Morgan fingerprint density at radius 1 is 1.30 bits per heavy atom. The van der Waals surface area contributed by atoms with Gasteiger partial charge in [0.05, 0.1) is 0 Å². The van der Waals surface area contributed by atoms with Crippen molar-refractivity contribution in [2.75, 3.05) is 5.32 Å². The van der Waals surface area contributed by atoms with Crippen molar-refractivity contribution in [1.29, 1.82) is 0 Å². The van der Waals surface area contributed by atoms with E-state index in [1.54, 1.807) is 18.2 Å². The van der Waals surface area contributed by atoms with Gasteiger partial charge < -0.3 is 10.3 Å². The first kappa shape index (κ1) is 14.7. The smallest absolute Gasteiger partial charge is 0.131 e. The monoisotopic (exact) mass is 291 g/mol. The van der Waals surface area contributed by atoms with Gasteiger partial charge >= 0.3 is 0 Å². The third kappa shape index (κ3) is 4.42. The maximum Gasteiger partial charge on any atom is 0.131 e. The van der Waals surface area contributed by atoms with Gasteiger partial charge in [0.25, 0.3) is 0 Å². The van der Waals surface area contributed by atoms with Crippen LogP contribution in [0.4, 0.5) is 10.2 Å². The predicted octanol–water partition coefficient (Wildman–Crippen LogP) is 4.09. The molecule has 2 N–H and O–H groups in total. The van der Waals surface area contributed by atoms with Crippen LogP contribution < -0.4 is 5.32 Å². The van der Waals surface area contributed by atoms with Gasteiger partial charge in [0.2, 0.25) is 0 Å². The first-order chi connectivity index (χ1) is 9.52. The molecule has 0 saturated heterocycles. The minimum Gasteiger partial charge on any atom is -0.367 e. The standard InChI is InChI=1S/C15H18FN3S/c1-10(2)7-14-18-13(8-15(20)19-14)17-9-11-3-5-12(16)6-4-11/h3-6,8,10H,7,9H2,1-2H3,(H2,17,18,19,20). The molecule has 0 saturated carbocycles. The molecule has 0 aliphatic rings. The first-order valence-corrected chi connectivity index (χ1v) is 7.02. The minimum atomic E-state index is -0.226. The van der Waals surface area contributed by atoms with Crippen molar-refractivity contribution in [3.05, 3.63) is 52.2 Å². The van der Waals surface area contributed by atoms with Gasteiger partial charge in [-0.15, -0.1) is 0 Å². The third-order valence-electron chi connectivity index (χ3n) is 2.79. The molecule has 3 nitrogen and oxygen atoms in total. The van der Waals surface area contributed by atoms with E-state index in [9.17, 15) is 4.39 Å². The quantitative estimate of drug-likeness (QED) is 0.815. The number of halogens is 1. The molecule has 0 unspecified atom stereocenters. The lowest BCUT2D eigenvalue weighted by Gasteiger charge is -2.10. The number of H-pyrrole nitrogens is 1. The van der Waals surface area contributed by atoms with E-state index in [0.717, 1.165) is 23.6 Å². The van der Waals surface area contributed by atoms with E-state index in [1.165, 1.54) is 12.1 Å². The summed E-state index contributed by atoms with van der Waals surface area (Å²) in [7, 11) is 0. The van der Waals surface area contributed by atoms with Crippen LogP contribution in [0.15, 0.2) is 30.3 Å². The van der Waals surface area contributed by atoms with Gasteiger partial charge in [0.1, 0.15) is 22.1 Å². The third-order valence-corrected chi connectivity index (χ3v) is 3.00. The second-order valence-corrected chi connectivity index (χ2v) is 5.58. The van der Waals surface area contributed by atoms with E-state index in [1.807, 2.05) is 0 Å². The number of rotatable bonds is 5. The zero-order chi connectivity index (χ0) is 14.5. The zero-order valence-electron chi connectivity index (χ0n) is 11.6. The fourth-order valence-electron chi connectivity index (χ4n) is 1.89. The van der Waals surface area contributed by atoms with Crippen LogP contribution in [0, 0.1) is 16.4 Å². The lowest BCUT2D eigenvalue weighted by molar-refractivity contribution is 0.620. The van der Waals surface area contributed by atoms with Crippen molar-refractivity contribution >= 4 is 18.0 Å². The van der Waals surface area contributed by atoms with Crippen molar-refractivity contribution in [3.63, 3.8) is 0 Å². The summed E-state index contributed by atoms with van der Waals surface area (Å²) in [5.41, 5.74) is 1.01. The normalized spacial score (nSPS) is 10.8. The Morgan fingerprint density at radius 3 is 2.65 bits per heavy atom. The number of aromatic amines is 1. The molecule has 106 valence electrons. The molecular weight excluding hydrogens is 273 g/mol. The van der Waals surface area contributed by atoms with Crippen LogP contribution in [-0.2, 0) is 13.0 Å². The number of anilines is 1. The summed E-state index contributed by atoms with van der Waals surface area (Å²) in [5, 5.41) is 3.25. The average Bonchev–Trinajstić information content (AvgIpc) is 2.36. The summed E-state index contributed by atoms with van der Waals surface area (Å²) in [4.78, 5) is 7.55. The number of nitrogens with one attached hydrogen (secondary N) is 2. The van der Waals surface area contributed by atoms with Crippen LogP contribution in [0.3, 0.4) is 0 Å². The molecule has 0 radical (unpaired) electrons. The Bertz CT molecular complexity index is 620. The summed E-state index contributed by atoms with van der Waals surface area (Å²) >= 11 is 5.17. The Hall–Kier alpha value is -1.75. The second-order valence-electron chi connectivity index (χ2n) is 5.16. The maximum atomic E-state index is 12.8. The van der Waals surface area contributed by atoms with E-state index in [2.05, 4.69) is 29.1 Å². The lowest BCUT2D eigenvalue weighted by Crippen LogP contribution is -2.06. The number of nitrogens with zero attached hydrogens (tertiary/aromatic N) is 1. The SMILES string of the molecule is CC(C)Cc1nc(=S)cc(NCc2ccc(F)cc2)[nH]1. The van der Waals surface area contributed by atoms with Crippen molar-refractivity contribution < 1.29 is 4.39 Å². The Kier molecular flexibility index (Phi) is 4.84. The summed E-state index contributed by atoms with van der Waals surface area (Å²) < 4.78 is 13.4. The largest absolute Gasteiger partial charge is 0.367 e. The molecule has 0 atom stereocenters. The number of aromatic nitrogens is 2. The van der Waals surface area contributed by atoms with Crippen LogP contribution in [0.1, 0.15) is 25.2 Å². The number of hydrogen-bond donors (Lipinski definition) is 2. The molecule has 0 amide bonds. The Balaban J connectivity index is 2.07. The van der Waals surface area contributed by atoms with Gasteiger partial charge in [0.15, 0.2) is 0 Å². The molecule has 1 aromatic carbocycles. The molecule has 0 aliphatic heterocycles. The number of benzene rings is 1. The van der Waals surface area contributed by atoms with E-state index in [-0.39, 0.29) is 5.82 Å². The van der Waals surface area contributed by atoms with Crippen molar-refractivity contribution in [2.45, 2.75) is 26.8 Å². The second kappa shape index (κ2) is 6.61. The summed E-state index contributed by atoms with van der Waals surface area (Å²) in [6.45, 7) is 4.88.